The molecule has 3 aromatic carbocycles. The smallest absolute Gasteiger partial charge is 0.354 e. The summed E-state index contributed by atoms with van der Waals surface area (Å²) in [5.41, 5.74) is -0.219. The average molecular weight is 575 g/mol. The van der Waals surface area contributed by atoms with Crippen molar-refractivity contribution in [2.75, 3.05) is 23.1 Å². The first-order chi connectivity index (χ1) is 17.4. The average Bonchev–Trinajstić information content (AvgIpc) is 2.83. The number of aryl methyl sites for hydroxylation is 1. The van der Waals surface area contributed by atoms with Gasteiger partial charge in [0.1, 0.15) is 12.4 Å². The van der Waals surface area contributed by atoms with Crippen LogP contribution in [0, 0.1) is 12.7 Å². The first kappa shape index (κ1) is 28.8. The van der Waals surface area contributed by atoms with Crippen LogP contribution in [0.2, 0.25) is 5.02 Å². The summed E-state index contributed by atoms with van der Waals surface area (Å²) in [5, 5.41) is 2.85. The highest BCUT2D eigenvalue weighted by molar-refractivity contribution is 7.98. The van der Waals surface area contributed by atoms with Crippen molar-refractivity contribution in [3.05, 3.63) is 94.3 Å². The molecule has 0 saturated carbocycles. The molecule has 1 amide bonds. The molecule has 0 aliphatic rings. The number of nitrogens with zero attached hydrogens (tertiary/aromatic N) is 1. The summed E-state index contributed by atoms with van der Waals surface area (Å²) in [5.74, 6) is -0.524. The van der Waals surface area contributed by atoms with Crippen LogP contribution in [0.5, 0.6) is 0 Å². The van der Waals surface area contributed by atoms with Crippen molar-refractivity contribution >= 4 is 45.0 Å². The van der Waals surface area contributed by atoms with E-state index >= 15 is 0 Å². The molecule has 0 radical (unpaired) electrons. The lowest BCUT2D eigenvalue weighted by atomic mass is 10.2. The number of hydrogen-bond donors (Lipinski definition) is 1. The van der Waals surface area contributed by atoms with Crippen LogP contribution in [-0.4, -0.2) is 33.2 Å². The molecule has 0 aliphatic heterocycles. The van der Waals surface area contributed by atoms with E-state index in [4.69, 9.17) is 11.6 Å². The number of benzene rings is 3. The van der Waals surface area contributed by atoms with Crippen LogP contribution in [0.15, 0.2) is 71.6 Å². The fraction of sp³-hybridized carbons (Fsp3) is 0.240. The third-order valence-electron chi connectivity index (χ3n) is 5.23. The first-order valence-corrected chi connectivity index (χ1v) is 13.9. The minimum atomic E-state index is -4.70. The molecular weight excluding hydrogens is 552 g/mol. The summed E-state index contributed by atoms with van der Waals surface area (Å²) in [6.45, 7) is 1.14. The largest absolute Gasteiger partial charge is 0.416 e. The van der Waals surface area contributed by atoms with Gasteiger partial charge in [0.15, 0.2) is 0 Å². The molecule has 198 valence electrons. The van der Waals surface area contributed by atoms with Crippen molar-refractivity contribution in [3.63, 3.8) is 0 Å². The van der Waals surface area contributed by atoms with Crippen molar-refractivity contribution in [2.45, 2.75) is 23.7 Å². The Labute approximate surface area is 221 Å². The van der Waals surface area contributed by atoms with E-state index in [1.807, 2.05) is 0 Å². The minimum absolute atomic E-state index is 0.122. The molecule has 0 fully saturated rings. The Morgan fingerprint density at radius 1 is 1.05 bits per heavy atom. The van der Waals surface area contributed by atoms with E-state index in [1.165, 1.54) is 42.1 Å². The number of sulfonamides is 1. The van der Waals surface area contributed by atoms with Crippen LogP contribution >= 0.6 is 23.4 Å². The van der Waals surface area contributed by atoms with E-state index in [2.05, 4.69) is 5.32 Å². The molecule has 0 spiro atoms. The maximum atomic E-state index is 13.9. The van der Waals surface area contributed by atoms with Crippen LogP contribution < -0.4 is 9.62 Å². The number of amides is 1. The van der Waals surface area contributed by atoms with Crippen molar-refractivity contribution in [1.82, 2.24) is 5.32 Å². The highest BCUT2D eigenvalue weighted by Crippen LogP contribution is 2.33. The van der Waals surface area contributed by atoms with Gasteiger partial charge in [-0.25, -0.2) is 12.8 Å². The van der Waals surface area contributed by atoms with E-state index in [0.717, 1.165) is 17.7 Å². The number of rotatable bonds is 10. The fourth-order valence-electron chi connectivity index (χ4n) is 3.28. The van der Waals surface area contributed by atoms with Crippen LogP contribution in [-0.2, 0) is 26.7 Å². The van der Waals surface area contributed by atoms with E-state index in [1.54, 1.807) is 25.1 Å². The van der Waals surface area contributed by atoms with E-state index in [0.29, 0.717) is 21.7 Å². The number of thioether (sulfide) groups is 1. The summed E-state index contributed by atoms with van der Waals surface area (Å²) in [6, 6.07) is 13.9. The maximum Gasteiger partial charge on any atom is 0.416 e. The number of anilines is 1. The minimum Gasteiger partial charge on any atom is -0.354 e. The quantitative estimate of drug-likeness (QED) is 0.236. The molecule has 1 N–H and O–H groups in total. The number of alkyl halides is 3. The topological polar surface area (TPSA) is 66.5 Å². The normalized spacial score (nSPS) is 11.8. The summed E-state index contributed by atoms with van der Waals surface area (Å²) in [6.07, 6.45) is -4.70. The molecule has 0 atom stereocenters. The monoisotopic (exact) mass is 574 g/mol. The number of carbonyl (C=O) groups is 1. The van der Waals surface area contributed by atoms with Crippen LogP contribution in [0.1, 0.15) is 16.7 Å². The number of halogens is 5. The SMILES string of the molecule is Cc1ccc(S(=O)(=O)N(CC(=O)NCCSCc2c(F)cccc2Cl)c2cccc(C(F)(F)F)c2)cc1. The lowest BCUT2D eigenvalue weighted by Gasteiger charge is -2.25. The van der Waals surface area contributed by atoms with Crippen molar-refractivity contribution in [2.24, 2.45) is 0 Å². The van der Waals surface area contributed by atoms with E-state index < -0.39 is 40.0 Å². The lowest BCUT2D eigenvalue weighted by Crippen LogP contribution is -2.41. The van der Waals surface area contributed by atoms with Crippen LogP contribution in [0.4, 0.5) is 23.2 Å². The molecule has 0 saturated heterocycles. The van der Waals surface area contributed by atoms with Crippen molar-refractivity contribution in [1.29, 1.82) is 0 Å². The van der Waals surface area contributed by atoms with Gasteiger partial charge in [0.25, 0.3) is 10.0 Å². The highest BCUT2D eigenvalue weighted by atomic mass is 35.5. The summed E-state index contributed by atoms with van der Waals surface area (Å²) < 4.78 is 81.1. The molecule has 37 heavy (non-hydrogen) atoms. The number of nitrogens with one attached hydrogen (secondary N) is 1. The number of carbonyl (C=O) groups excluding carboxylic acids is 1. The van der Waals surface area contributed by atoms with Gasteiger partial charge < -0.3 is 5.32 Å². The zero-order valence-corrected chi connectivity index (χ0v) is 21.9. The third-order valence-corrected chi connectivity index (χ3v) is 8.36. The highest BCUT2D eigenvalue weighted by Gasteiger charge is 2.33. The lowest BCUT2D eigenvalue weighted by molar-refractivity contribution is -0.137. The van der Waals surface area contributed by atoms with Crippen molar-refractivity contribution < 1.29 is 30.8 Å². The first-order valence-electron chi connectivity index (χ1n) is 10.9. The van der Waals surface area contributed by atoms with Gasteiger partial charge in [-0.1, -0.05) is 41.4 Å². The molecule has 0 unspecified atom stereocenters. The predicted octanol–water partition coefficient (Wildman–Crippen LogP) is 6.05. The Bertz CT molecular complexity index is 1330. The zero-order valence-electron chi connectivity index (χ0n) is 19.6. The Morgan fingerprint density at radius 3 is 2.38 bits per heavy atom. The van der Waals surface area contributed by atoms with Crippen molar-refractivity contribution in [3.8, 4) is 0 Å². The molecule has 12 heteroatoms. The summed E-state index contributed by atoms with van der Waals surface area (Å²) >= 11 is 7.30. The second kappa shape index (κ2) is 12.2. The van der Waals surface area contributed by atoms with Crippen LogP contribution in [0.3, 0.4) is 0 Å². The Kier molecular flexibility index (Phi) is 9.49. The second-order valence-corrected chi connectivity index (χ2v) is 11.4. The standard InChI is InChI=1S/C25H23ClF4N2O3S2/c1-17-8-10-20(11-9-17)37(34,35)32(19-5-2-4-18(14-19)25(28,29)30)15-24(33)31-12-13-36-16-21-22(26)6-3-7-23(21)27/h2-11,14H,12-13,15-16H2,1H3,(H,31,33). The van der Waals surface area contributed by atoms with Gasteiger partial charge in [0, 0.05) is 28.6 Å². The van der Waals surface area contributed by atoms with Gasteiger partial charge >= 0.3 is 6.18 Å². The van der Waals surface area contributed by atoms with Gasteiger partial charge in [0.2, 0.25) is 5.91 Å². The van der Waals surface area contributed by atoms with Gasteiger partial charge in [-0.15, -0.1) is 0 Å². The Hall–Kier alpha value is -2.76. The molecule has 5 nitrogen and oxygen atoms in total. The van der Waals surface area contributed by atoms with Crippen LogP contribution in [0.25, 0.3) is 0 Å². The predicted molar refractivity (Wildman–Crippen MR) is 138 cm³/mol. The fourth-order valence-corrected chi connectivity index (χ4v) is 5.89. The Morgan fingerprint density at radius 2 is 1.73 bits per heavy atom. The molecule has 0 heterocycles. The van der Waals surface area contributed by atoms with Gasteiger partial charge in [-0.05, 0) is 49.4 Å². The number of hydrogen-bond acceptors (Lipinski definition) is 4. The molecule has 3 rings (SSSR count). The second-order valence-electron chi connectivity index (χ2n) is 7.98. The maximum absolute atomic E-state index is 13.9. The summed E-state index contributed by atoms with van der Waals surface area (Å²) in [4.78, 5) is 12.5. The van der Waals surface area contributed by atoms with E-state index in [9.17, 15) is 30.8 Å². The van der Waals surface area contributed by atoms with E-state index in [-0.39, 0.29) is 27.9 Å². The molecule has 3 aromatic rings. The zero-order chi connectivity index (χ0) is 27.2. The summed E-state index contributed by atoms with van der Waals surface area (Å²) in [7, 11) is -4.37. The van der Waals surface area contributed by atoms with Gasteiger partial charge in [-0.2, -0.15) is 24.9 Å². The molecule has 0 aromatic heterocycles. The van der Waals surface area contributed by atoms with Gasteiger partial charge in [0.05, 0.1) is 16.1 Å². The third kappa shape index (κ3) is 7.62. The van der Waals surface area contributed by atoms with Gasteiger partial charge in [-0.3, -0.25) is 9.10 Å². The molecule has 0 bridgehead atoms. The molecular formula is C25H23ClF4N2O3S2. The molecule has 0 aliphatic carbocycles. The Balaban J connectivity index is 1.73.